The normalized spacial score (nSPS) is 11.6. The van der Waals surface area contributed by atoms with Crippen LogP contribution in [0.5, 0.6) is 5.75 Å². The van der Waals surface area contributed by atoms with Crippen LogP contribution < -0.4 is 10.1 Å². The summed E-state index contributed by atoms with van der Waals surface area (Å²) in [5.74, 6) is -0.427. The molecule has 0 aromatic heterocycles. The minimum Gasteiger partial charge on any atom is -0.497 e. The van der Waals surface area contributed by atoms with Crippen molar-refractivity contribution >= 4 is 23.4 Å². The maximum Gasteiger partial charge on any atom is 0.242 e. The smallest absolute Gasteiger partial charge is 0.242 e. The molecule has 7 heteroatoms. The van der Waals surface area contributed by atoms with Crippen molar-refractivity contribution in [3.63, 3.8) is 0 Å². The number of methoxy groups -OCH3 is 1. The Morgan fingerprint density at radius 1 is 1.17 bits per heavy atom. The highest BCUT2D eigenvalue weighted by molar-refractivity contribution is 6.31. The van der Waals surface area contributed by atoms with Gasteiger partial charge >= 0.3 is 0 Å². The molecular formula is C23H28ClFN2O3. The number of hydrogen-bond donors (Lipinski definition) is 1. The molecule has 0 aliphatic carbocycles. The Labute approximate surface area is 182 Å². The second-order valence-corrected chi connectivity index (χ2v) is 7.37. The van der Waals surface area contributed by atoms with Crippen molar-refractivity contribution in [3.05, 3.63) is 64.4 Å². The largest absolute Gasteiger partial charge is 0.497 e. The van der Waals surface area contributed by atoms with Crippen LogP contribution in [0.2, 0.25) is 5.02 Å². The number of halogens is 2. The maximum absolute atomic E-state index is 14.2. The maximum atomic E-state index is 14.2. The van der Waals surface area contributed by atoms with Gasteiger partial charge in [-0.15, -0.1) is 0 Å². The lowest BCUT2D eigenvalue weighted by Crippen LogP contribution is -2.49. The zero-order chi connectivity index (χ0) is 22.1. The summed E-state index contributed by atoms with van der Waals surface area (Å²) in [4.78, 5) is 27.4. The highest BCUT2D eigenvalue weighted by Crippen LogP contribution is 2.22. The van der Waals surface area contributed by atoms with Crippen LogP contribution >= 0.6 is 11.6 Å². The molecule has 0 spiro atoms. The molecule has 162 valence electrons. The van der Waals surface area contributed by atoms with Gasteiger partial charge < -0.3 is 15.0 Å². The molecule has 30 heavy (non-hydrogen) atoms. The standard InChI is InChI=1S/C23H28ClFN2O3/c1-4-13-26-23(29)21(5-2)27(15-16-9-11-17(30-3)12-10-16)22(28)14-18-19(24)7-6-8-20(18)25/h6-12,21H,4-5,13-15H2,1-3H3,(H,26,29). The van der Waals surface area contributed by atoms with Gasteiger partial charge in [0.1, 0.15) is 17.6 Å². The molecule has 0 aliphatic heterocycles. The molecule has 0 radical (unpaired) electrons. The van der Waals surface area contributed by atoms with E-state index in [-0.39, 0.29) is 35.4 Å². The first-order valence-corrected chi connectivity index (χ1v) is 10.4. The van der Waals surface area contributed by atoms with Crippen molar-refractivity contribution in [2.24, 2.45) is 0 Å². The lowest BCUT2D eigenvalue weighted by molar-refractivity contribution is -0.141. The first-order chi connectivity index (χ1) is 14.4. The lowest BCUT2D eigenvalue weighted by Gasteiger charge is -2.31. The second-order valence-electron chi connectivity index (χ2n) is 6.96. The summed E-state index contributed by atoms with van der Waals surface area (Å²) in [5.41, 5.74) is 0.971. The van der Waals surface area contributed by atoms with E-state index in [1.165, 1.54) is 17.0 Å². The Balaban J connectivity index is 2.32. The molecule has 2 aromatic rings. The SMILES string of the molecule is CCCNC(=O)C(CC)N(Cc1ccc(OC)cc1)C(=O)Cc1c(F)cccc1Cl. The molecule has 1 unspecified atom stereocenters. The molecule has 1 atom stereocenters. The Morgan fingerprint density at radius 2 is 1.87 bits per heavy atom. The molecule has 0 fully saturated rings. The Kier molecular flexibility index (Phi) is 9.12. The number of carbonyl (C=O) groups is 2. The van der Waals surface area contributed by atoms with Crippen LogP contribution in [0.15, 0.2) is 42.5 Å². The minimum absolute atomic E-state index is 0.132. The van der Waals surface area contributed by atoms with Crippen molar-refractivity contribution in [2.75, 3.05) is 13.7 Å². The lowest BCUT2D eigenvalue weighted by atomic mass is 10.1. The minimum atomic E-state index is -0.670. The topological polar surface area (TPSA) is 58.6 Å². The monoisotopic (exact) mass is 434 g/mol. The van der Waals surface area contributed by atoms with Gasteiger partial charge in [0.15, 0.2) is 0 Å². The summed E-state index contributed by atoms with van der Waals surface area (Å²) in [6.07, 6.45) is 1.00. The quantitative estimate of drug-likeness (QED) is 0.604. The number of nitrogens with one attached hydrogen (secondary N) is 1. The van der Waals surface area contributed by atoms with Crippen LogP contribution in [0.3, 0.4) is 0 Å². The van der Waals surface area contributed by atoms with Crippen LogP contribution in [0.4, 0.5) is 4.39 Å². The van der Waals surface area contributed by atoms with E-state index in [1.54, 1.807) is 25.3 Å². The summed E-state index contributed by atoms with van der Waals surface area (Å²) in [5, 5.41) is 3.05. The predicted molar refractivity (Wildman–Crippen MR) is 116 cm³/mol. The van der Waals surface area contributed by atoms with Gasteiger partial charge in [0, 0.05) is 23.7 Å². The molecular weight excluding hydrogens is 407 g/mol. The zero-order valence-corrected chi connectivity index (χ0v) is 18.3. The molecule has 0 heterocycles. The molecule has 0 bridgehead atoms. The van der Waals surface area contributed by atoms with Gasteiger partial charge in [-0.2, -0.15) is 0 Å². The van der Waals surface area contributed by atoms with Crippen molar-refractivity contribution in [1.82, 2.24) is 10.2 Å². The van der Waals surface area contributed by atoms with Gasteiger partial charge in [-0.3, -0.25) is 9.59 Å². The molecule has 2 aromatic carbocycles. The Hall–Kier alpha value is -2.60. The fourth-order valence-corrected chi connectivity index (χ4v) is 3.40. The number of hydrogen-bond acceptors (Lipinski definition) is 3. The van der Waals surface area contributed by atoms with Crippen molar-refractivity contribution in [2.45, 2.75) is 45.7 Å². The Morgan fingerprint density at radius 3 is 2.43 bits per heavy atom. The fourth-order valence-electron chi connectivity index (χ4n) is 3.17. The van der Waals surface area contributed by atoms with E-state index >= 15 is 0 Å². The van der Waals surface area contributed by atoms with Gasteiger partial charge in [0.2, 0.25) is 11.8 Å². The summed E-state index contributed by atoms with van der Waals surface area (Å²) in [6.45, 7) is 4.55. The van der Waals surface area contributed by atoms with E-state index < -0.39 is 11.9 Å². The number of amides is 2. The molecule has 2 rings (SSSR count). The number of carbonyl (C=O) groups excluding carboxylic acids is 2. The third-order valence-corrected chi connectivity index (χ3v) is 5.19. The molecule has 5 nitrogen and oxygen atoms in total. The van der Waals surface area contributed by atoms with Gasteiger partial charge in [0.25, 0.3) is 0 Å². The average molecular weight is 435 g/mol. The Bertz CT molecular complexity index is 838. The first-order valence-electron chi connectivity index (χ1n) is 10.0. The van der Waals surface area contributed by atoms with Gasteiger partial charge in [-0.1, -0.05) is 43.6 Å². The molecule has 1 N–H and O–H groups in total. The van der Waals surface area contributed by atoms with E-state index in [2.05, 4.69) is 5.32 Å². The highest BCUT2D eigenvalue weighted by Gasteiger charge is 2.29. The number of ether oxygens (including phenoxy) is 1. The summed E-state index contributed by atoms with van der Waals surface area (Å²) in [6, 6.07) is 10.9. The molecule has 0 aliphatic rings. The average Bonchev–Trinajstić information content (AvgIpc) is 2.75. The number of nitrogens with zero attached hydrogens (tertiary/aromatic N) is 1. The molecule has 2 amide bonds. The van der Waals surface area contributed by atoms with E-state index in [1.807, 2.05) is 26.0 Å². The predicted octanol–water partition coefficient (Wildman–Crippen LogP) is 4.36. The molecule has 0 saturated carbocycles. The number of rotatable bonds is 10. The van der Waals surface area contributed by atoms with Gasteiger partial charge in [-0.05, 0) is 42.7 Å². The second kappa shape index (κ2) is 11.6. The van der Waals surface area contributed by atoms with E-state index in [4.69, 9.17) is 16.3 Å². The van der Waals surface area contributed by atoms with E-state index in [0.717, 1.165) is 12.0 Å². The van der Waals surface area contributed by atoms with Crippen molar-refractivity contribution < 1.29 is 18.7 Å². The fraction of sp³-hybridized carbons (Fsp3) is 0.391. The third kappa shape index (κ3) is 6.20. The van der Waals surface area contributed by atoms with E-state index in [0.29, 0.717) is 18.7 Å². The van der Waals surface area contributed by atoms with Crippen LogP contribution in [0.25, 0.3) is 0 Å². The molecule has 0 saturated heterocycles. The van der Waals surface area contributed by atoms with E-state index in [9.17, 15) is 14.0 Å². The van der Waals surface area contributed by atoms with Crippen molar-refractivity contribution in [1.29, 1.82) is 0 Å². The summed E-state index contributed by atoms with van der Waals surface area (Å²) < 4.78 is 19.4. The van der Waals surface area contributed by atoms with Crippen LogP contribution in [-0.2, 0) is 22.6 Å². The zero-order valence-electron chi connectivity index (χ0n) is 17.6. The van der Waals surface area contributed by atoms with Crippen molar-refractivity contribution in [3.8, 4) is 5.75 Å². The van der Waals surface area contributed by atoms with Crippen LogP contribution in [0.1, 0.15) is 37.8 Å². The summed E-state index contributed by atoms with van der Waals surface area (Å²) in [7, 11) is 1.58. The first kappa shape index (κ1) is 23.7. The van der Waals surface area contributed by atoms with Gasteiger partial charge in [0.05, 0.1) is 13.5 Å². The third-order valence-electron chi connectivity index (χ3n) is 4.84. The summed E-state index contributed by atoms with van der Waals surface area (Å²) >= 11 is 6.11. The van der Waals surface area contributed by atoms with Crippen LogP contribution in [-0.4, -0.2) is 36.4 Å². The van der Waals surface area contributed by atoms with Gasteiger partial charge in [-0.25, -0.2) is 4.39 Å². The van der Waals surface area contributed by atoms with Crippen LogP contribution in [0, 0.1) is 5.82 Å². The highest BCUT2D eigenvalue weighted by atomic mass is 35.5. The number of benzene rings is 2.